The first-order chi connectivity index (χ1) is 10.1. The lowest BCUT2D eigenvalue weighted by molar-refractivity contribution is 0.129. The van der Waals surface area contributed by atoms with Crippen molar-refractivity contribution >= 4 is 0 Å². The van der Waals surface area contributed by atoms with Gasteiger partial charge in [-0.15, -0.1) is 0 Å². The molecule has 2 aromatic heterocycles. The molecule has 2 aliphatic heterocycles. The van der Waals surface area contributed by atoms with Gasteiger partial charge < -0.3 is 14.3 Å². The zero-order valence-corrected chi connectivity index (χ0v) is 12.5. The molecule has 0 amide bonds. The molecule has 0 aliphatic carbocycles. The van der Waals surface area contributed by atoms with Crippen LogP contribution in [0.4, 0.5) is 0 Å². The molecule has 4 heterocycles. The maximum atomic E-state index is 5.40. The smallest absolute Gasteiger partial charge is 0.202 e. The van der Waals surface area contributed by atoms with Gasteiger partial charge in [0.1, 0.15) is 0 Å². The Labute approximate surface area is 124 Å². The number of hydrogen-bond acceptors (Lipinski definition) is 5. The molecular weight excluding hydrogens is 266 g/mol. The predicted molar refractivity (Wildman–Crippen MR) is 78.5 cm³/mol. The van der Waals surface area contributed by atoms with Gasteiger partial charge in [-0.1, -0.05) is 5.16 Å². The Morgan fingerprint density at radius 2 is 2.29 bits per heavy atom. The van der Waals surface area contributed by atoms with Crippen LogP contribution < -0.4 is 5.32 Å². The fraction of sp³-hybridized carbons (Fsp3) is 0.562. The summed E-state index contributed by atoms with van der Waals surface area (Å²) in [6.07, 6.45) is 1.65. The van der Waals surface area contributed by atoms with Crippen LogP contribution in [-0.2, 0) is 6.54 Å². The standard InChI is InChI=1S/C16H21N3O2/c1-16(2)13-8-17-7-11(13)9-19(16)10-12-6-15(21-18-12)14-4-3-5-20-14/h3-6,11,13,17H,7-10H2,1-2H3. The third kappa shape index (κ3) is 2.12. The minimum atomic E-state index is 0.206. The van der Waals surface area contributed by atoms with Crippen LogP contribution in [0.1, 0.15) is 19.5 Å². The van der Waals surface area contributed by atoms with Crippen LogP contribution in [0, 0.1) is 11.8 Å². The second kappa shape index (κ2) is 4.71. The van der Waals surface area contributed by atoms with Crippen molar-refractivity contribution in [2.75, 3.05) is 19.6 Å². The van der Waals surface area contributed by atoms with E-state index in [4.69, 9.17) is 8.94 Å². The van der Waals surface area contributed by atoms with Gasteiger partial charge in [0.15, 0.2) is 5.76 Å². The minimum Gasteiger partial charge on any atom is -0.461 e. The number of rotatable bonds is 3. The van der Waals surface area contributed by atoms with Gasteiger partial charge in [-0.3, -0.25) is 4.90 Å². The number of nitrogens with one attached hydrogen (secondary N) is 1. The summed E-state index contributed by atoms with van der Waals surface area (Å²) in [5.41, 5.74) is 1.18. The fourth-order valence-corrected chi connectivity index (χ4v) is 3.89. The van der Waals surface area contributed by atoms with Crippen LogP contribution in [-0.4, -0.2) is 35.2 Å². The summed E-state index contributed by atoms with van der Waals surface area (Å²) in [7, 11) is 0. The minimum absolute atomic E-state index is 0.206. The molecule has 2 unspecified atom stereocenters. The van der Waals surface area contributed by atoms with E-state index in [1.807, 2.05) is 18.2 Å². The number of hydrogen-bond donors (Lipinski definition) is 1. The molecule has 5 nitrogen and oxygen atoms in total. The molecule has 0 radical (unpaired) electrons. The number of fused-ring (bicyclic) bond motifs is 1. The average Bonchev–Trinajstić information content (AvgIpc) is 3.20. The maximum Gasteiger partial charge on any atom is 0.202 e. The van der Waals surface area contributed by atoms with Gasteiger partial charge in [0.2, 0.25) is 5.76 Å². The van der Waals surface area contributed by atoms with Gasteiger partial charge >= 0.3 is 0 Å². The number of furan rings is 1. The molecule has 2 aliphatic rings. The first kappa shape index (κ1) is 13.1. The van der Waals surface area contributed by atoms with Crippen molar-refractivity contribution in [2.45, 2.75) is 25.9 Å². The van der Waals surface area contributed by atoms with Crippen molar-refractivity contribution in [1.29, 1.82) is 0 Å². The molecule has 0 aromatic carbocycles. The lowest BCUT2D eigenvalue weighted by Crippen LogP contribution is -2.43. The molecule has 2 aromatic rings. The zero-order valence-electron chi connectivity index (χ0n) is 12.5. The summed E-state index contributed by atoms with van der Waals surface area (Å²) in [6, 6.07) is 5.73. The molecule has 0 saturated carbocycles. The second-order valence-corrected chi connectivity index (χ2v) is 6.72. The molecule has 2 atom stereocenters. The largest absolute Gasteiger partial charge is 0.461 e. The summed E-state index contributed by atoms with van der Waals surface area (Å²) in [4.78, 5) is 2.53. The number of likely N-dealkylation sites (tertiary alicyclic amines) is 1. The van der Waals surface area contributed by atoms with Gasteiger partial charge in [-0.05, 0) is 44.4 Å². The molecule has 0 spiro atoms. The van der Waals surface area contributed by atoms with Gasteiger partial charge in [-0.2, -0.15) is 0 Å². The highest BCUT2D eigenvalue weighted by Crippen LogP contribution is 2.41. The van der Waals surface area contributed by atoms with Crippen LogP contribution in [0.3, 0.4) is 0 Å². The van der Waals surface area contributed by atoms with E-state index in [0.717, 1.165) is 49.5 Å². The fourth-order valence-electron chi connectivity index (χ4n) is 3.89. The van der Waals surface area contributed by atoms with Crippen molar-refractivity contribution in [3.8, 4) is 11.5 Å². The maximum absolute atomic E-state index is 5.40. The van der Waals surface area contributed by atoms with E-state index in [-0.39, 0.29) is 5.54 Å². The van der Waals surface area contributed by atoms with E-state index in [0.29, 0.717) is 5.76 Å². The molecule has 0 bridgehead atoms. The van der Waals surface area contributed by atoms with E-state index >= 15 is 0 Å². The third-order valence-corrected chi connectivity index (χ3v) is 5.19. The van der Waals surface area contributed by atoms with Crippen LogP contribution >= 0.6 is 0 Å². The van der Waals surface area contributed by atoms with E-state index in [1.165, 1.54) is 0 Å². The van der Waals surface area contributed by atoms with Gasteiger partial charge in [0.05, 0.1) is 12.0 Å². The average molecular weight is 287 g/mol. The van der Waals surface area contributed by atoms with Crippen molar-refractivity contribution in [2.24, 2.45) is 11.8 Å². The van der Waals surface area contributed by atoms with Crippen molar-refractivity contribution in [1.82, 2.24) is 15.4 Å². The first-order valence-electron chi connectivity index (χ1n) is 7.60. The van der Waals surface area contributed by atoms with Gasteiger partial charge in [0.25, 0.3) is 0 Å². The Morgan fingerprint density at radius 3 is 3.05 bits per heavy atom. The summed E-state index contributed by atoms with van der Waals surface area (Å²) in [6.45, 7) is 8.93. The Kier molecular flexibility index (Phi) is 2.94. The Balaban J connectivity index is 1.52. The highest BCUT2D eigenvalue weighted by molar-refractivity contribution is 5.49. The number of aromatic nitrogens is 1. The highest BCUT2D eigenvalue weighted by atomic mass is 16.5. The zero-order chi connectivity index (χ0) is 14.4. The van der Waals surface area contributed by atoms with Gasteiger partial charge in [-0.25, -0.2) is 0 Å². The highest BCUT2D eigenvalue weighted by Gasteiger charge is 2.49. The molecule has 21 heavy (non-hydrogen) atoms. The molecule has 5 heteroatoms. The quantitative estimate of drug-likeness (QED) is 0.939. The Bertz CT molecular complexity index is 617. The molecule has 2 saturated heterocycles. The predicted octanol–water partition coefficient (Wildman–Crippen LogP) is 2.36. The Morgan fingerprint density at radius 1 is 1.38 bits per heavy atom. The Hall–Kier alpha value is -1.59. The lowest BCUT2D eigenvalue weighted by atomic mass is 9.85. The van der Waals surface area contributed by atoms with Crippen LogP contribution in [0.2, 0.25) is 0 Å². The van der Waals surface area contributed by atoms with Crippen molar-refractivity contribution in [3.63, 3.8) is 0 Å². The lowest BCUT2D eigenvalue weighted by Gasteiger charge is -2.35. The summed E-state index contributed by atoms with van der Waals surface area (Å²) in [5, 5.41) is 7.72. The van der Waals surface area contributed by atoms with Crippen molar-refractivity contribution in [3.05, 3.63) is 30.2 Å². The van der Waals surface area contributed by atoms with Crippen LogP contribution in [0.25, 0.3) is 11.5 Å². The van der Waals surface area contributed by atoms with Gasteiger partial charge in [0, 0.05) is 31.2 Å². The topological polar surface area (TPSA) is 54.4 Å². The van der Waals surface area contributed by atoms with E-state index in [1.54, 1.807) is 6.26 Å². The third-order valence-electron chi connectivity index (χ3n) is 5.19. The second-order valence-electron chi connectivity index (χ2n) is 6.72. The first-order valence-corrected chi connectivity index (χ1v) is 7.60. The molecule has 1 N–H and O–H groups in total. The normalized spacial score (nSPS) is 28.1. The molecule has 4 rings (SSSR count). The van der Waals surface area contributed by atoms with Crippen LogP contribution in [0.5, 0.6) is 0 Å². The monoisotopic (exact) mass is 287 g/mol. The molecule has 2 fully saturated rings. The molecule has 112 valence electrons. The van der Waals surface area contributed by atoms with Crippen molar-refractivity contribution < 1.29 is 8.94 Å². The SMILES string of the molecule is CC1(C)C2CNCC2CN1Cc1cc(-c2ccco2)on1. The summed E-state index contributed by atoms with van der Waals surface area (Å²) < 4.78 is 10.7. The van der Waals surface area contributed by atoms with E-state index in [2.05, 4.69) is 29.2 Å². The summed E-state index contributed by atoms with van der Waals surface area (Å²) >= 11 is 0. The van der Waals surface area contributed by atoms with E-state index < -0.39 is 0 Å². The summed E-state index contributed by atoms with van der Waals surface area (Å²) in [5.74, 6) is 2.93. The van der Waals surface area contributed by atoms with E-state index in [9.17, 15) is 0 Å². The van der Waals surface area contributed by atoms with Crippen LogP contribution in [0.15, 0.2) is 33.4 Å². The number of nitrogens with zero attached hydrogens (tertiary/aromatic N) is 2. The molecular formula is C16H21N3O2.